The summed E-state index contributed by atoms with van der Waals surface area (Å²) in [5.41, 5.74) is 5.82. The lowest BCUT2D eigenvalue weighted by molar-refractivity contribution is -0.132. The molecule has 2 aromatic carbocycles. The molecular formula is C26H31N3O. The van der Waals surface area contributed by atoms with Crippen LogP contribution >= 0.6 is 0 Å². The van der Waals surface area contributed by atoms with E-state index < -0.39 is 0 Å². The molecule has 1 amide bonds. The van der Waals surface area contributed by atoms with Crippen LogP contribution in [-0.2, 0) is 17.6 Å². The monoisotopic (exact) mass is 401 g/mol. The molecule has 0 radical (unpaired) electrons. The number of piperidine rings is 1. The number of hydrogen-bond acceptors (Lipinski definition) is 2. The Morgan fingerprint density at radius 2 is 1.60 bits per heavy atom. The molecular weight excluding hydrogens is 370 g/mol. The van der Waals surface area contributed by atoms with Crippen molar-refractivity contribution in [1.82, 2.24) is 14.7 Å². The highest BCUT2D eigenvalue weighted by Gasteiger charge is 2.23. The quantitative estimate of drug-likeness (QED) is 0.589. The SMILES string of the molecule is Cc1nn(-c2ccccc2)c(C)c1CCC(=O)N1CCC(Cc2ccccc2)CC1. The standard InChI is InChI=1S/C26H31N3O/c1-20-25(21(2)29(27-20)24-11-7-4-8-12-24)13-14-26(30)28-17-15-23(16-18-28)19-22-9-5-3-6-10-22/h3-12,23H,13-19H2,1-2H3. The van der Waals surface area contributed by atoms with E-state index in [9.17, 15) is 4.79 Å². The van der Waals surface area contributed by atoms with E-state index in [0.29, 0.717) is 12.3 Å². The van der Waals surface area contributed by atoms with Gasteiger partial charge in [-0.25, -0.2) is 4.68 Å². The van der Waals surface area contributed by atoms with Crippen LogP contribution < -0.4 is 0 Å². The number of likely N-dealkylation sites (tertiary alicyclic amines) is 1. The molecule has 3 aromatic rings. The molecule has 4 nitrogen and oxygen atoms in total. The molecule has 1 fully saturated rings. The van der Waals surface area contributed by atoms with Crippen molar-refractivity contribution < 1.29 is 4.79 Å². The second kappa shape index (κ2) is 9.29. The number of hydrogen-bond donors (Lipinski definition) is 0. The van der Waals surface area contributed by atoms with Gasteiger partial charge in [0.15, 0.2) is 0 Å². The predicted octanol–water partition coefficient (Wildman–Crippen LogP) is 4.90. The molecule has 1 aromatic heterocycles. The van der Waals surface area contributed by atoms with Gasteiger partial charge >= 0.3 is 0 Å². The van der Waals surface area contributed by atoms with Crippen LogP contribution in [0.5, 0.6) is 0 Å². The van der Waals surface area contributed by atoms with E-state index in [1.54, 1.807) is 0 Å². The van der Waals surface area contributed by atoms with E-state index in [4.69, 9.17) is 5.10 Å². The lowest BCUT2D eigenvalue weighted by atomic mass is 9.90. The first-order valence-electron chi connectivity index (χ1n) is 11.0. The Kier molecular flexibility index (Phi) is 6.32. The minimum Gasteiger partial charge on any atom is -0.343 e. The first-order valence-corrected chi connectivity index (χ1v) is 11.0. The van der Waals surface area contributed by atoms with Crippen molar-refractivity contribution in [2.45, 2.75) is 46.0 Å². The predicted molar refractivity (Wildman–Crippen MR) is 121 cm³/mol. The molecule has 0 spiro atoms. The van der Waals surface area contributed by atoms with Crippen molar-refractivity contribution in [3.05, 3.63) is 83.2 Å². The Morgan fingerprint density at radius 3 is 2.27 bits per heavy atom. The van der Waals surface area contributed by atoms with Gasteiger partial charge in [-0.15, -0.1) is 0 Å². The largest absolute Gasteiger partial charge is 0.343 e. The third-order valence-electron chi connectivity index (χ3n) is 6.37. The van der Waals surface area contributed by atoms with Gasteiger partial charge in [-0.05, 0) is 68.7 Å². The summed E-state index contributed by atoms with van der Waals surface area (Å²) in [6.45, 7) is 5.92. The fraction of sp³-hybridized carbons (Fsp3) is 0.385. The van der Waals surface area contributed by atoms with E-state index in [0.717, 1.165) is 55.8 Å². The molecule has 4 heteroatoms. The number of carbonyl (C=O) groups excluding carboxylic acids is 1. The summed E-state index contributed by atoms with van der Waals surface area (Å²) in [7, 11) is 0. The molecule has 0 saturated carbocycles. The van der Waals surface area contributed by atoms with Crippen molar-refractivity contribution in [3.63, 3.8) is 0 Å². The highest BCUT2D eigenvalue weighted by atomic mass is 16.2. The maximum Gasteiger partial charge on any atom is 0.222 e. The van der Waals surface area contributed by atoms with E-state index in [-0.39, 0.29) is 5.91 Å². The molecule has 30 heavy (non-hydrogen) atoms. The first-order chi connectivity index (χ1) is 14.6. The van der Waals surface area contributed by atoms with Crippen molar-refractivity contribution in [2.75, 3.05) is 13.1 Å². The van der Waals surface area contributed by atoms with Gasteiger partial charge < -0.3 is 4.90 Å². The second-order valence-corrected chi connectivity index (χ2v) is 8.41. The van der Waals surface area contributed by atoms with Gasteiger partial charge in [0.2, 0.25) is 5.91 Å². The molecule has 0 unspecified atom stereocenters. The van der Waals surface area contributed by atoms with Gasteiger partial charge in [-0.2, -0.15) is 5.10 Å². The maximum atomic E-state index is 12.8. The van der Waals surface area contributed by atoms with E-state index >= 15 is 0 Å². The lowest BCUT2D eigenvalue weighted by Crippen LogP contribution is -2.39. The summed E-state index contributed by atoms with van der Waals surface area (Å²) in [5, 5.41) is 4.71. The van der Waals surface area contributed by atoms with Crippen LogP contribution in [0.2, 0.25) is 0 Å². The average Bonchev–Trinajstić information content (AvgIpc) is 3.07. The summed E-state index contributed by atoms with van der Waals surface area (Å²) >= 11 is 0. The topological polar surface area (TPSA) is 38.1 Å². The van der Waals surface area contributed by atoms with E-state index in [2.05, 4.69) is 54.3 Å². The van der Waals surface area contributed by atoms with Crippen molar-refractivity contribution in [3.8, 4) is 5.69 Å². The number of nitrogens with zero attached hydrogens (tertiary/aromatic N) is 3. The van der Waals surface area contributed by atoms with Gasteiger partial charge in [0.25, 0.3) is 0 Å². The Hall–Kier alpha value is -2.88. The lowest BCUT2D eigenvalue weighted by Gasteiger charge is -2.32. The molecule has 1 aliphatic rings. The van der Waals surface area contributed by atoms with Crippen LogP contribution in [0.15, 0.2) is 60.7 Å². The fourth-order valence-corrected chi connectivity index (χ4v) is 4.58. The molecule has 0 N–H and O–H groups in total. The number of aryl methyl sites for hydroxylation is 1. The van der Waals surface area contributed by atoms with Crippen LogP contribution in [0, 0.1) is 19.8 Å². The highest BCUT2D eigenvalue weighted by Crippen LogP contribution is 2.23. The third-order valence-corrected chi connectivity index (χ3v) is 6.37. The van der Waals surface area contributed by atoms with Gasteiger partial charge in [0, 0.05) is 25.2 Å². The molecule has 156 valence electrons. The number of rotatable bonds is 6. The van der Waals surface area contributed by atoms with Gasteiger partial charge in [0.05, 0.1) is 11.4 Å². The fourth-order valence-electron chi connectivity index (χ4n) is 4.58. The first kappa shape index (κ1) is 20.4. The number of aromatic nitrogens is 2. The van der Waals surface area contributed by atoms with Crippen LogP contribution in [0.1, 0.15) is 41.8 Å². The maximum absolute atomic E-state index is 12.8. The minimum absolute atomic E-state index is 0.277. The second-order valence-electron chi connectivity index (χ2n) is 8.41. The summed E-state index contributed by atoms with van der Waals surface area (Å²) in [5.74, 6) is 0.962. The van der Waals surface area contributed by atoms with Crippen LogP contribution in [-0.4, -0.2) is 33.7 Å². The average molecular weight is 402 g/mol. The van der Waals surface area contributed by atoms with Gasteiger partial charge in [-0.1, -0.05) is 48.5 Å². The summed E-state index contributed by atoms with van der Waals surface area (Å²) in [6, 6.07) is 20.9. The Bertz CT molecular complexity index is 970. The van der Waals surface area contributed by atoms with Gasteiger partial charge in [0.1, 0.15) is 0 Å². The van der Waals surface area contributed by atoms with Crippen molar-refractivity contribution in [2.24, 2.45) is 5.92 Å². The number of carbonyl (C=O) groups is 1. The minimum atomic E-state index is 0.277. The zero-order valence-corrected chi connectivity index (χ0v) is 18.1. The number of para-hydroxylation sites is 1. The zero-order valence-electron chi connectivity index (χ0n) is 18.1. The molecule has 2 heterocycles. The van der Waals surface area contributed by atoms with E-state index in [1.165, 1.54) is 11.1 Å². The van der Waals surface area contributed by atoms with Crippen LogP contribution in [0.3, 0.4) is 0 Å². The molecule has 0 atom stereocenters. The Labute approximate surface area is 179 Å². The highest BCUT2D eigenvalue weighted by molar-refractivity contribution is 5.76. The molecule has 1 aliphatic heterocycles. The molecule has 4 rings (SSSR count). The Balaban J connectivity index is 1.31. The van der Waals surface area contributed by atoms with Crippen molar-refractivity contribution in [1.29, 1.82) is 0 Å². The molecule has 0 bridgehead atoms. The smallest absolute Gasteiger partial charge is 0.222 e. The summed E-state index contributed by atoms with van der Waals surface area (Å²) in [6.07, 6.45) is 4.65. The van der Waals surface area contributed by atoms with Crippen LogP contribution in [0.25, 0.3) is 5.69 Å². The number of benzene rings is 2. The zero-order chi connectivity index (χ0) is 20.9. The Morgan fingerprint density at radius 1 is 0.967 bits per heavy atom. The third kappa shape index (κ3) is 4.64. The molecule has 0 aliphatic carbocycles. The molecule has 1 saturated heterocycles. The summed E-state index contributed by atoms with van der Waals surface area (Å²) < 4.78 is 1.99. The van der Waals surface area contributed by atoms with Crippen molar-refractivity contribution >= 4 is 5.91 Å². The van der Waals surface area contributed by atoms with Crippen LogP contribution in [0.4, 0.5) is 0 Å². The normalized spacial score (nSPS) is 14.8. The van der Waals surface area contributed by atoms with Gasteiger partial charge in [-0.3, -0.25) is 4.79 Å². The van der Waals surface area contributed by atoms with E-state index in [1.807, 2.05) is 29.8 Å². The number of amides is 1. The summed E-state index contributed by atoms with van der Waals surface area (Å²) in [4.78, 5) is 14.9.